The number of aryl methyl sites for hydroxylation is 2. The number of nitrogens with zero attached hydrogens (tertiary/aromatic N) is 5. The predicted octanol–water partition coefficient (Wildman–Crippen LogP) is 4.76. The van der Waals surface area contributed by atoms with E-state index in [4.69, 9.17) is 26.4 Å². The molecule has 0 saturated carbocycles. The summed E-state index contributed by atoms with van der Waals surface area (Å²) >= 11 is 7.51. The van der Waals surface area contributed by atoms with Crippen LogP contribution >= 0.6 is 22.9 Å². The maximum absolute atomic E-state index is 14.6. The third-order valence-electron chi connectivity index (χ3n) is 5.68. The Morgan fingerprint density at radius 2 is 2.00 bits per heavy atom. The van der Waals surface area contributed by atoms with Gasteiger partial charge in [0, 0.05) is 47.7 Å². The van der Waals surface area contributed by atoms with E-state index in [1.165, 1.54) is 6.07 Å². The minimum atomic E-state index is -0.335. The molecule has 3 aromatic heterocycles. The number of hydrogen-bond acceptors (Lipinski definition) is 7. The number of imidazole rings is 1. The maximum Gasteiger partial charge on any atom is 0.188 e. The lowest BCUT2D eigenvalue weighted by Gasteiger charge is -2.26. The van der Waals surface area contributed by atoms with E-state index in [-0.39, 0.29) is 5.82 Å². The highest BCUT2D eigenvalue weighted by molar-refractivity contribution is 7.15. The van der Waals surface area contributed by atoms with E-state index in [0.717, 1.165) is 65.5 Å². The van der Waals surface area contributed by atoms with E-state index >= 15 is 0 Å². The highest BCUT2D eigenvalue weighted by Gasteiger charge is 2.20. The average Bonchev–Trinajstić information content (AvgIpc) is 3.33. The van der Waals surface area contributed by atoms with Gasteiger partial charge in [-0.05, 0) is 37.6 Å². The molecule has 1 N–H and O–H groups in total. The van der Waals surface area contributed by atoms with Gasteiger partial charge >= 0.3 is 0 Å². The Bertz CT molecular complexity index is 1300. The first-order valence-electron chi connectivity index (χ1n) is 10.8. The predicted molar refractivity (Wildman–Crippen MR) is 128 cm³/mol. The molecule has 0 atom stereocenters. The second kappa shape index (κ2) is 9.34. The molecule has 0 bridgehead atoms. The molecule has 1 aliphatic heterocycles. The summed E-state index contributed by atoms with van der Waals surface area (Å²) in [6.07, 6.45) is 2.19. The topological polar surface area (TPSA) is 67.6 Å². The fourth-order valence-electron chi connectivity index (χ4n) is 3.98. The lowest BCUT2D eigenvalue weighted by molar-refractivity contribution is 0.0343. The quantitative estimate of drug-likeness (QED) is 0.424. The Morgan fingerprint density at radius 3 is 2.73 bits per heavy atom. The fraction of sp³-hybridized carbons (Fsp3) is 0.348. The van der Waals surface area contributed by atoms with Crippen LogP contribution in [0.15, 0.2) is 30.5 Å². The molecule has 0 unspecified atom stereocenters. The van der Waals surface area contributed by atoms with E-state index in [1.807, 2.05) is 30.6 Å². The van der Waals surface area contributed by atoms with Crippen LogP contribution in [0.25, 0.3) is 5.65 Å². The van der Waals surface area contributed by atoms with Crippen molar-refractivity contribution in [2.24, 2.45) is 0 Å². The second-order valence-electron chi connectivity index (χ2n) is 8.14. The molecule has 7 nitrogen and oxygen atoms in total. The lowest BCUT2D eigenvalue weighted by Crippen LogP contribution is -2.35. The molecule has 0 radical (unpaired) electrons. The molecule has 0 amide bonds. The molecule has 33 heavy (non-hydrogen) atoms. The molecular formula is C23H24ClFN6OS. The number of ether oxygens (including phenoxy) is 1. The molecule has 1 aliphatic rings. The summed E-state index contributed by atoms with van der Waals surface area (Å²) in [7, 11) is 0. The van der Waals surface area contributed by atoms with Gasteiger partial charge in [-0.15, -0.1) is 16.4 Å². The lowest BCUT2D eigenvalue weighted by atomic mass is 10.1. The summed E-state index contributed by atoms with van der Waals surface area (Å²) in [6.45, 7) is 7.86. The van der Waals surface area contributed by atoms with Gasteiger partial charge in [0.15, 0.2) is 16.6 Å². The van der Waals surface area contributed by atoms with Crippen LogP contribution in [0.5, 0.6) is 0 Å². The van der Waals surface area contributed by atoms with E-state index in [1.54, 1.807) is 23.5 Å². The normalized spacial score (nSPS) is 14.8. The zero-order valence-electron chi connectivity index (χ0n) is 18.4. The van der Waals surface area contributed by atoms with Crippen LogP contribution in [-0.4, -0.2) is 50.8 Å². The van der Waals surface area contributed by atoms with Gasteiger partial charge in [-0.2, -0.15) is 0 Å². The van der Waals surface area contributed by atoms with Crippen LogP contribution in [0.2, 0.25) is 5.02 Å². The van der Waals surface area contributed by atoms with E-state index in [0.29, 0.717) is 22.8 Å². The summed E-state index contributed by atoms with van der Waals surface area (Å²) in [4.78, 5) is 12.7. The first-order chi connectivity index (χ1) is 16.0. The van der Waals surface area contributed by atoms with E-state index in [2.05, 4.69) is 15.2 Å². The molecule has 0 spiro atoms. The number of hydrogen-bond donors (Lipinski definition) is 1. The number of nitrogens with one attached hydrogen (secondary N) is 1. The average molecular weight is 487 g/mol. The second-order valence-corrected chi connectivity index (χ2v) is 9.81. The number of morpholine rings is 1. The van der Waals surface area contributed by atoms with Crippen molar-refractivity contribution in [1.82, 2.24) is 24.5 Å². The van der Waals surface area contributed by atoms with Gasteiger partial charge in [0.05, 0.1) is 24.6 Å². The van der Waals surface area contributed by atoms with E-state index in [9.17, 15) is 4.39 Å². The number of benzene rings is 1. The Kier molecular flexibility index (Phi) is 6.29. The van der Waals surface area contributed by atoms with Gasteiger partial charge in [-0.3, -0.25) is 4.90 Å². The van der Waals surface area contributed by atoms with Crippen LogP contribution in [0.4, 0.5) is 15.3 Å². The van der Waals surface area contributed by atoms with Crippen LogP contribution < -0.4 is 5.32 Å². The summed E-state index contributed by atoms with van der Waals surface area (Å²) < 4.78 is 21.9. The van der Waals surface area contributed by atoms with Crippen molar-refractivity contribution in [3.05, 3.63) is 68.7 Å². The molecule has 1 saturated heterocycles. The van der Waals surface area contributed by atoms with Crippen LogP contribution in [0.1, 0.15) is 27.4 Å². The molecular weight excluding hydrogens is 463 g/mol. The summed E-state index contributed by atoms with van der Waals surface area (Å²) in [5, 5.41) is 9.30. The van der Waals surface area contributed by atoms with Crippen LogP contribution in [0.3, 0.4) is 0 Å². The van der Waals surface area contributed by atoms with Crippen LogP contribution in [0, 0.1) is 19.7 Å². The Morgan fingerprint density at radius 1 is 1.18 bits per heavy atom. The zero-order valence-corrected chi connectivity index (χ0v) is 20.0. The fourth-order valence-corrected chi connectivity index (χ4v) is 4.81. The van der Waals surface area contributed by atoms with Crippen molar-refractivity contribution >= 4 is 39.5 Å². The minimum Gasteiger partial charge on any atom is -0.379 e. The molecule has 0 aliphatic carbocycles. The van der Waals surface area contributed by atoms with Crippen molar-refractivity contribution in [2.75, 3.05) is 31.6 Å². The number of fused-ring (bicyclic) bond motifs is 1. The molecule has 4 heterocycles. The number of rotatable bonds is 6. The third kappa shape index (κ3) is 4.86. The maximum atomic E-state index is 14.6. The van der Waals surface area contributed by atoms with Gasteiger partial charge in [-0.1, -0.05) is 17.7 Å². The van der Waals surface area contributed by atoms with Gasteiger partial charge in [0.25, 0.3) is 0 Å². The highest BCUT2D eigenvalue weighted by Crippen LogP contribution is 2.26. The minimum absolute atomic E-state index is 0.335. The third-order valence-corrected chi connectivity index (χ3v) is 6.74. The molecule has 5 rings (SSSR count). The van der Waals surface area contributed by atoms with Gasteiger partial charge in [-0.25, -0.2) is 18.9 Å². The first-order valence-corrected chi connectivity index (χ1v) is 12.0. The van der Waals surface area contributed by atoms with Crippen molar-refractivity contribution in [3.63, 3.8) is 0 Å². The smallest absolute Gasteiger partial charge is 0.188 e. The Balaban J connectivity index is 1.57. The van der Waals surface area contributed by atoms with E-state index < -0.39 is 0 Å². The van der Waals surface area contributed by atoms with Gasteiger partial charge < -0.3 is 10.1 Å². The number of thiazole rings is 1. The molecule has 1 aromatic carbocycles. The number of aromatic nitrogens is 4. The number of anilines is 2. The SMILES string of the molecule is Cc1cnc(Nc2cc(CN3CCOCC3)c3nc(C)c(Cc4ccc(Cl)cc4F)n3n2)s1. The largest absolute Gasteiger partial charge is 0.379 e. The Labute approximate surface area is 200 Å². The molecule has 1 fully saturated rings. The Hall–Kier alpha value is -2.59. The first kappa shape index (κ1) is 22.2. The summed E-state index contributed by atoms with van der Waals surface area (Å²) in [5.41, 5.74) is 4.04. The highest BCUT2D eigenvalue weighted by atomic mass is 35.5. The number of halogens is 2. The van der Waals surface area contributed by atoms with Crippen molar-refractivity contribution in [3.8, 4) is 0 Å². The summed E-state index contributed by atoms with van der Waals surface area (Å²) in [5.74, 6) is 0.341. The van der Waals surface area contributed by atoms with Crippen molar-refractivity contribution < 1.29 is 9.13 Å². The van der Waals surface area contributed by atoms with Crippen LogP contribution in [-0.2, 0) is 17.7 Å². The van der Waals surface area contributed by atoms with Crippen molar-refractivity contribution in [1.29, 1.82) is 0 Å². The zero-order chi connectivity index (χ0) is 22.9. The molecule has 4 aromatic rings. The summed E-state index contributed by atoms with van der Waals surface area (Å²) in [6, 6.07) is 6.78. The van der Waals surface area contributed by atoms with Gasteiger partial charge in [0.1, 0.15) is 5.82 Å². The van der Waals surface area contributed by atoms with Gasteiger partial charge in [0.2, 0.25) is 0 Å². The monoisotopic (exact) mass is 486 g/mol. The van der Waals surface area contributed by atoms with Crippen molar-refractivity contribution in [2.45, 2.75) is 26.8 Å². The molecule has 172 valence electrons. The molecule has 10 heteroatoms. The standard InChI is InChI=1S/C23H24ClFN6OS/c1-14-12-26-23(33-14)28-21-10-17(13-30-5-7-32-8-6-30)22-27-15(2)20(31(22)29-21)9-16-3-4-18(24)11-19(16)25/h3-4,10-12H,5-9,13H2,1-2H3,(H,26,28,29).